The van der Waals surface area contributed by atoms with Crippen LogP contribution in [0.25, 0.3) is 0 Å². The van der Waals surface area contributed by atoms with E-state index in [0.717, 1.165) is 25.9 Å². The fraction of sp³-hybridized carbons (Fsp3) is 0.417. The highest BCUT2D eigenvalue weighted by molar-refractivity contribution is 6.35. The van der Waals surface area contributed by atoms with Crippen LogP contribution in [-0.4, -0.2) is 23.9 Å². The van der Waals surface area contributed by atoms with Gasteiger partial charge in [-0.15, -0.1) is 11.6 Å². The second-order valence-corrected chi connectivity index (χ2v) is 4.76. The molecule has 0 aliphatic carbocycles. The summed E-state index contributed by atoms with van der Waals surface area (Å²) >= 11 is 12.2. The number of halogens is 2. The highest BCUT2D eigenvalue weighted by atomic mass is 35.5. The summed E-state index contributed by atoms with van der Waals surface area (Å²) in [6, 6.07) is 7.22. The van der Waals surface area contributed by atoms with Gasteiger partial charge in [0, 0.05) is 18.1 Å². The van der Waals surface area contributed by atoms with E-state index < -0.39 is 5.38 Å². The minimum absolute atomic E-state index is 0.0349. The second-order valence-electron chi connectivity index (χ2n) is 3.92. The van der Waals surface area contributed by atoms with Gasteiger partial charge in [-0.1, -0.05) is 29.8 Å². The van der Waals surface area contributed by atoms with Gasteiger partial charge >= 0.3 is 0 Å². The van der Waals surface area contributed by atoms with E-state index in [0.29, 0.717) is 10.6 Å². The lowest BCUT2D eigenvalue weighted by Gasteiger charge is -2.19. The molecule has 2 nitrogen and oxygen atoms in total. The topological polar surface area (TPSA) is 20.3 Å². The predicted octanol–water partition coefficient (Wildman–Crippen LogP) is 3.24. The Bertz CT molecular complexity index is 388. The van der Waals surface area contributed by atoms with Crippen molar-refractivity contribution in [2.45, 2.75) is 18.2 Å². The number of carbonyl (C=O) groups is 1. The van der Waals surface area contributed by atoms with Gasteiger partial charge in [0.05, 0.1) is 0 Å². The second kappa shape index (κ2) is 5.07. The minimum atomic E-state index is -0.660. The van der Waals surface area contributed by atoms with Gasteiger partial charge in [0.2, 0.25) is 5.91 Å². The smallest absolute Gasteiger partial charge is 0.245 e. The van der Waals surface area contributed by atoms with Crippen molar-refractivity contribution in [1.29, 1.82) is 0 Å². The maximum absolute atomic E-state index is 12.0. The Morgan fingerprint density at radius 1 is 1.25 bits per heavy atom. The third-order valence-electron chi connectivity index (χ3n) is 2.81. The van der Waals surface area contributed by atoms with Crippen LogP contribution in [0.3, 0.4) is 0 Å². The van der Waals surface area contributed by atoms with E-state index in [-0.39, 0.29) is 5.91 Å². The Balaban J connectivity index is 2.15. The van der Waals surface area contributed by atoms with Gasteiger partial charge in [0.15, 0.2) is 0 Å². The minimum Gasteiger partial charge on any atom is -0.341 e. The average Bonchev–Trinajstić information content (AvgIpc) is 2.81. The summed E-state index contributed by atoms with van der Waals surface area (Å²) in [5.74, 6) is -0.0349. The fourth-order valence-corrected chi connectivity index (χ4v) is 2.54. The lowest BCUT2D eigenvalue weighted by molar-refractivity contribution is -0.129. The molecule has 0 saturated carbocycles. The van der Waals surface area contributed by atoms with Crippen molar-refractivity contribution < 1.29 is 4.79 Å². The number of nitrogens with zero attached hydrogens (tertiary/aromatic N) is 1. The first-order chi connectivity index (χ1) is 7.70. The summed E-state index contributed by atoms with van der Waals surface area (Å²) in [6.45, 7) is 1.62. The molecule has 1 heterocycles. The van der Waals surface area contributed by atoms with Crippen LogP contribution in [0.2, 0.25) is 5.02 Å². The molecule has 1 unspecified atom stereocenters. The van der Waals surface area contributed by atoms with Gasteiger partial charge in [-0.25, -0.2) is 0 Å². The van der Waals surface area contributed by atoms with Crippen molar-refractivity contribution in [1.82, 2.24) is 4.90 Å². The number of rotatable bonds is 2. The molecule has 1 saturated heterocycles. The largest absolute Gasteiger partial charge is 0.341 e. The van der Waals surface area contributed by atoms with Gasteiger partial charge in [-0.2, -0.15) is 0 Å². The van der Waals surface area contributed by atoms with Gasteiger partial charge in [0.25, 0.3) is 0 Å². The van der Waals surface area contributed by atoms with Crippen LogP contribution in [0.5, 0.6) is 0 Å². The highest BCUT2D eigenvalue weighted by Crippen LogP contribution is 2.30. The molecule has 86 valence electrons. The molecule has 1 aromatic carbocycles. The molecule has 1 atom stereocenters. The number of likely N-dealkylation sites (tertiary alicyclic amines) is 1. The first kappa shape index (κ1) is 11.7. The van der Waals surface area contributed by atoms with E-state index in [9.17, 15) is 4.79 Å². The molecule has 1 aliphatic rings. The Morgan fingerprint density at radius 3 is 2.50 bits per heavy atom. The molecule has 1 aliphatic heterocycles. The molecular weight excluding hydrogens is 245 g/mol. The summed E-state index contributed by atoms with van der Waals surface area (Å²) in [4.78, 5) is 13.8. The molecular formula is C12H13Cl2NO. The molecule has 0 N–H and O–H groups in total. The van der Waals surface area contributed by atoms with Gasteiger partial charge < -0.3 is 4.90 Å². The van der Waals surface area contributed by atoms with Gasteiger partial charge in [0.1, 0.15) is 5.38 Å². The van der Waals surface area contributed by atoms with Crippen molar-refractivity contribution in [2.75, 3.05) is 13.1 Å². The molecule has 0 spiro atoms. The molecule has 2 rings (SSSR count). The third kappa shape index (κ3) is 2.33. The van der Waals surface area contributed by atoms with E-state index in [1.807, 2.05) is 12.1 Å². The monoisotopic (exact) mass is 257 g/mol. The average molecular weight is 258 g/mol. The Labute approximate surface area is 105 Å². The molecule has 1 aromatic rings. The van der Waals surface area contributed by atoms with Crippen molar-refractivity contribution in [3.05, 3.63) is 34.9 Å². The van der Waals surface area contributed by atoms with E-state index in [4.69, 9.17) is 23.2 Å². The molecule has 16 heavy (non-hydrogen) atoms. The molecule has 4 heteroatoms. The fourth-order valence-electron chi connectivity index (χ4n) is 1.91. The molecule has 0 radical (unpaired) electrons. The Morgan fingerprint density at radius 2 is 1.88 bits per heavy atom. The van der Waals surface area contributed by atoms with E-state index in [1.54, 1.807) is 17.0 Å². The van der Waals surface area contributed by atoms with Crippen LogP contribution in [0.1, 0.15) is 23.8 Å². The summed E-state index contributed by atoms with van der Waals surface area (Å²) in [7, 11) is 0. The number of hydrogen-bond acceptors (Lipinski definition) is 1. The van der Waals surface area contributed by atoms with E-state index in [1.165, 1.54) is 0 Å². The van der Waals surface area contributed by atoms with E-state index >= 15 is 0 Å². The number of carbonyl (C=O) groups excluding carboxylic acids is 1. The number of hydrogen-bond donors (Lipinski definition) is 0. The predicted molar refractivity (Wildman–Crippen MR) is 65.9 cm³/mol. The summed E-state index contributed by atoms with van der Waals surface area (Å²) < 4.78 is 0. The zero-order valence-corrected chi connectivity index (χ0v) is 10.3. The molecule has 0 bridgehead atoms. The van der Waals surface area contributed by atoms with Gasteiger partial charge in [-0.05, 0) is 24.5 Å². The summed E-state index contributed by atoms with van der Waals surface area (Å²) in [5.41, 5.74) is 0.697. The number of benzene rings is 1. The van der Waals surface area contributed by atoms with Crippen molar-refractivity contribution in [2.24, 2.45) is 0 Å². The first-order valence-corrected chi connectivity index (χ1v) is 6.19. The SMILES string of the molecule is O=C(C(Cl)c1ccccc1Cl)N1CCCC1. The van der Waals surface area contributed by atoms with Crippen LogP contribution in [-0.2, 0) is 4.79 Å². The Hall–Kier alpha value is -0.730. The zero-order valence-electron chi connectivity index (χ0n) is 8.83. The lowest BCUT2D eigenvalue weighted by Crippen LogP contribution is -2.30. The molecule has 1 fully saturated rings. The van der Waals surface area contributed by atoms with Crippen LogP contribution in [0, 0.1) is 0 Å². The Kier molecular flexibility index (Phi) is 3.72. The van der Waals surface area contributed by atoms with Crippen LogP contribution in [0.15, 0.2) is 24.3 Å². The number of amides is 1. The highest BCUT2D eigenvalue weighted by Gasteiger charge is 2.27. The molecule has 1 amide bonds. The maximum Gasteiger partial charge on any atom is 0.245 e. The summed E-state index contributed by atoms with van der Waals surface area (Å²) in [5, 5.41) is -0.109. The standard InChI is InChI=1S/C12H13Cl2NO/c13-10-6-2-1-5-9(10)11(14)12(16)15-7-3-4-8-15/h1-2,5-6,11H,3-4,7-8H2. The molecule has 0 aromatic heterocycles. The third-order valence-corrected chi connectivity index (χ3v) is 3.58. The normalized spacial score (nSPS) is 17.5. The van der Waals surface area contributed by atoms with Gasteiger partial charge in [-0.3, -0.25) is 4.79 Å². The first-order valence-electron chi connectivity index (χ1n) is 5.37. The lowest BCUT2D eigenvalue weighted by atomic mass is 10.1. The van der Waals surface area contributed by atoms with Crippen molar-refractivity contribution >= 4 is 29.1 Å². The quantitative estimate of drug-likeness (QED) is 0.746. The number of alkyl halides is 1. The van der Waals surface area contributed by atoms with Crippen LogP contribution in [0.4, 0.5) is 0 Å². The maximum atomic E-state index is 12.0. The summed E-state index contributed by atoms with van der Waals surface area (Å²) in [6.07, 6.45) is 2.13. The van der Waals surface area contributed by atoms with Crippen LogP contribution < -0.4 is 0 Å². The zero-order chi connectivity index (χ0) is 11.5. The van der Waals surface area contributed by atoms with E-state index in [2.05, 4.69) is 0 Å². The van der Waals surface area contributed by atoms with Crippen molar-refractivity contribution in [3.63, 3.8) is 0 Å². The van der Waals surface area contributed by atoms with Crippen molar-refractivity contribution in [3.8, 4) is 0 Å². The van der Waals surface area contributed by atoms with Crippen LogP contribution >= 0.6 is 23.2 Å².